The minimum Gasteiger partial charge on any atom is -0.381 e. The Kier molecular flexibility index (Phi) is 3.04. The standard InChI is InChI=1S/C11H20O/c1-2-5-10-9-11(10)6-4-8-12-7-3-1/h10-11H,1-9H2. The van der Waals surface area contributed by atoms with Gasteiger partial charge in [0.1, 0.15) is 0 Å². The summed E-state index contributed by atoms with van der Waals surface area (Å²) < 4.78 is 5.53. The van der Waals surface area contributed by atoms with E-state index >= 15 is 0 Å². The van der Waals surface area contributed by atoms with Gasteiger partial charge in [0.05, 0.1) is 0 Å². The molecule has 2 aliphatic rings. The summed E-state index contributed by atoms with van der Waals surface area (Å²) in [5, 5.41) is 0. The molecule has 70 valence electrons. The van der Waals surface area contributed by atoms with Crippen molar-refractivity contribution in [3.8, 4) is 0 Å². The molecular formula is C11H20O. The van der Waals surface area contributed by atoms with Crippen LogP contribution in [0.4, 0.5) is 0 Å². The van der Waals surface area contributed by atoms with Gasteiger partial charge in [0.25, 0.3) is 0 Å². The lowest BCUT2D eigenvalue weighted by Gasteiger charge is -2.01. The Bertz CT molecular complexity index is 119. The van der Waals surface area contributed by atoms with Crippen LogP contribution >= 0.6 is 0 Å². The highest BCUT2D eigenvalue weighted by molar-refractivity contribution is 4.85. The van der Waals surface area contributed by atoms with E-state index in [1.54, 1.807) is 0 Å². The maximum Gasteiger partial charge on any atom is 0.0466 e. The monoisotopic (exact) mass is 168 g/mol. The third-order valence-corrected chi connectivity index (χ3v) is 3.30. The zero-order chi connectivity index (χ0) is 8.23. The van der Waals surface area contributed by atoms with Gasteiger partial charge in [-0.15, -0.1) is 0 Å². The molecule has 2 fully saturated rings. The molecule has 0 amide bonds. The number of fused-ring (bicyclic) bond motifs is 1. The SMILES string of the molecule is C1CCOCCCC2CC2CC1. The van der Waals surface area contributed by atoms with Crippen LogP contribution in [0.25, 0.3) is 0 Å². The predicted octanol–water partition coefficient (Wildman–Crippen LogP) is 2.99. The maximum atomic E-state index is 5.53. The summed E-state index contributed by atoms with van der Waals surface area (Å²) in [6.45, 7) is 2.03. The van der Waals surface area contributed by atoms with E-state index in [9.17, 15) is 0 Å². The Morgan fingerprint density at radius 3 is 2.42 bits per heavy atom. The first-order valence-corrected chi connectivity index (χ1v) is 5.54. The summed E-state index contributed by atoms with van der Waals surface area (Å²) >= 11 is 0. The van der Waals surface area contributed by atoms with Crippen LogP contribution in [0.2, 0.25) is 0 Å². The third kappa shape index (κ3) is 2.48. The molecule has 0 aromatic heterocycles. The van der Waals surface area contributed by atoms with Gasteiger partial charge in [-0.1, -0.05) is 19.3 Å². The van der Waals surface area contributed by atoms with E-state index in [-0.39, 0.29) is 0 Å². The maximum absolute atomic E-state index is 5.53. The summed E-state index contributed by atoms with van der Waals surface area (Å²) in [5.41, 5.74) is 0. The molecule has 2 rings (SSSR count). The van der Waals surface area contributed by atoms with Gasteiger partial charge in [0.2, 0.25) is 0 Å². The molecule has 1 heteroatoms. The van der Waals surface area contributed by atoms with Gasteiger partial charge in [-0.25, -0.2) is 0 Å². The van der Waals surface area contributed by atoms with Gasteiger partial charge in [0, 0.05) is 13.2 Å². The van der Waals surface area contributed by atoms with Gasteiger partial charge in [-0.2, -0.15) is 0 Å². The normalized spacial score (nSPS) is 38.0. The van der Waals surface area contributed by atoms with Crippen LogP contribution in [-0.2, 0) is 4.74 Å². The minimum atomic E-state index is 1.01. The molecule has 12 heavy (non-hydrogen) atoms. The number of hydrogen-bond acceptors (Lipinski definition) is 1. The quantitative estimate of drug-likeness (QED) is 0.540. The lowest BCUT2D eigenvalue weighted by atomic mass is 10.1. The molecular weight excluding hydrogens is 148 g/mol. The molecule has 1 aliphatic carbocycles. The van der Waals surface area contributed by atoms with E-state index in [0.29, 0.717) is 0 Å². The van der Waals surface area contributed by atoms with Crippen LogP contribution < -0.4 is 0 Å². The van der Waals surface area contributed by atoms with E-state index < -0.39 is 0 Å². The first-order chi connectivity index (χ1) is 5.97. The average Bonchev–Trinajstić information content (AvgIpc) is 2.78. The van der Waals surface area contributed by atoms with Crippen molar-refractivity contribution < 1.29 is 4.74 Å². The molecule has 0 spiro atoms. The molecule has 0 N–H and O–H groups in total. The summed E-state index contributed by atoms with van der Waals surface area (Å²) in [4.78, 5) is 0. The Morgan fingerprint density at radius 2 is 1.50 bits per heavy atom. The van der Waals surface area contributed by atoms with Crippen LogP contribution in [0.5, 0.6) is 0 Å². The average molecular weight is 168 g/mol. The van der Waals surface area contributed by atoms with Gasteiger partial charge >= 0.3 is 0 Å². The fourth-order valence-corrected chi connectivity index (χ4v) is 2.35. The molecule has 0 aromatic rings. The van der Waals surface area contributed by atoms with E-state index in [4.69, 9.17) is 4.74 Å². The topological polar surface area (TPSA) is 9.23 Å². The highest BCUT2D eigenvalue weighted by atomic mass is 16.5. The Labute approximate surface area is 75.5 Å². The third-order valence-electron chi connectivity index (χ3n) is 3.30. The molecule has 2 unspecified atom stereocenters. The van der Waals surface area contributed by atoms with Crippen molar-refractivity contribution in [3.63, 3.8) is 0 Å². The van der Waals surface area contributed by atoms with Crippen molar-refractivity contribution in [1.29, 1.82) is 0 Å². The Balaban J connectivity index is 1.70. The summed E-state index contributed by atoms with van der Waals surface area (Å²) in [5.74, 6) is 2.20. The van der Waals surface area contributed by atoms with Gasteiger partial charge in [-0.3, -0.25) is 0 Å². The van der Waals surface area contributed by atoms with Crippen molar-refractivity contribution in [2.45, 2.75) is 44.9 Å². The Morgan fingerprint density at radius 1 is 0.750 bits per heavy atom. The predicted molar refractivity (Wildman–Crippen MR) is 50.1 cm³/mol. The van der Waals surface area contributed by atoms with Gasteiger partial charge < -0.3 is 4.74 Å². The van der Waals surface area contributed by atoms with Crippen molar-refractivity contribution in [2.24, 2.45) is 11.8 Å². The molecule has 1 heterocycles. The molecule has 1 saturated carbocycles. The first-order valence-electron chi connectivity index (χ1n) is 5.54. The number of rotatable bonds is 0. The van der Waals surface area contributed by atoms with Crippen LogP contribution in [-0.4, -0.2) is 13.2 Å². The molecule has 0 radical (unpaired) electrons. The second-order valence-electron chi connectivity index (χ2n) is 4.36. The molecule has 0 bridgehead atoms. The zero-order valence-corrected chi connectivity index (χ0v) is 7.93. The molecule has 0 aromatic carbocycles. The van der Waals surface area contributed by atoms with Crippen molar-refractivity contribution in [3.05, 3.63) is 0 Å². The smallest absolute Gasteiger partial charge is 0.0466 e. The number of ether oxygens (including phenoxy) is 1. The van der Waals surface area contributed by atoms with Crippen LogP contribution in [0.3, 0.4) is 0 Å². The van der Waals surface area contributed by atoms with E-state index in [2.05, 4.69) is 0 Å². The molecule has 1 aliphatic heterocycles. The van der Waals surface area contributed by atoms with Crippen LogP contribution in [0.1, 0.15) is 44.9 Å². The second-order valence-corrected chi connectivity index (χ2v) is 4.36. The lowest BCUT2D eigenvalue weighted by Crippen LogP contribution is -1.96. The molecule has 2 atom stereocenters. The number of hydrogen-bond donors (Lipinski definition) is 0. The zero-order valence-electron chi connectivity index (χ0n) is 7.93. The largest absolute Gasteiger partial charge is 0.381 e. The van der Waals surface area contributed by atoms with E-state index in [0.717, 1.165) is 25.0 Å². The first kappa shape index (κ1) is 8.55. The lowest BCUT2D eigenvalue weighted by molar-refractivity contribution is 0.126. The molecule has 1 nitrogen and oxygen atoms in total. The summed E-state index contributed by atoms with van der Waals surface area (Å²) in [6, 6.07) is 0. The van der Waals surface area contributed by atoms with Crippen LogP contribution in [0.15, 0.2) is 0 Å². The fourth-order valence-electron chi connectivity index (χ4n) is 2.35. The Hall–Kier alpha value is -0.0400. The van der Waals surface area contributed by atoms with Crippen LogP contribution in [0, 0.1) is 11.8 Å². The fraction of sp³-hybridized carbons (Fsp3) is 1.00. The summed E-state index contributed by atoms with van der Waals surface area (Å²) in [7, 11) is 0. The summed E-state index contributed by atoms with van der Waals surface area (Å²) in [6.07, 6.45) is 9.90. The van der Waals surface area contributed by atoms with Gasteiger partial charge in [-0.05, 0) is 37.5 Å². The van der Waals surface area contributed by atoms with Crippen molar-refractivity contribution in [2.75, 3.05) is 13.2 Å². The van der Waals surface area contributed by atoms with E-state index in [1.165, 1.54) is 44.9 Å². The minimum absolute atomic E-state index is 1.01. The highest BCUT2D eigenvalue weighted by Gasteiger charge is 2.35. The van der Waals surface area contributed by atoms with Crippen molar-refractivity contribution >= 4 is 0 Å². The second kappa shape index (κ2) is 4.27. The van der Waals surface area contributed by atoms with Gasteiger partial charge in [0.15, 0.2) is 0 Å². The highest BCUT2D eigenvalue weighted by Crippen LogP contribution is 2.45. The van der Waals surface area contributed by atoms with E-state index in [1.807, 2.05) is 0 Å². The van der Waals surface area contributed by atoms with Crippen molar-refractivity contribution in [1.82, 2.24) is 0 Å². The molecule has 1 saturated heterocycles.